The predicted molar refractivity (Wildman–Crippen MR) is 140 cm³/mol. The molecule has 1 aliphatic rings. The van der Waals surface area contributed by atoms with Gasteiger partial charge in [-0.3, -0.25) is 0 Å². The van der Waals surface area contributed by atoms with Gasteiger partial charge in [0.05, 0.1) is 16.8 Å². The van der Waals surface area contributed by atoms with Gasteiger partial charge in [-0.2, -0.15) is 5.10 Å². The van der Waals surface area contributed by atoms with Crippen LogP contribution in [0, 0.1) is 0 Å². The van der Waals surface area contributed by atoms with Crippen LogP contribution >= 0.6 is 0 Å². The normalized spacial score (nSPS) is 17.6. The molecule has 0 N–H and O–H groups in total. The number of hydrazone groups is 1. The van der Waals surface area contributed by atoms with E-state index < -0.39 is 0 Å². The van der Waals surface area contributed by atoms with Gasteiger partial charge in [0.2, 0.25) is 0 Å². The molecular weight excluding hydrogens is 400 g/mol. The monoisotopic (exact) mass is 426 g/mol. The maximum absolute atomic E-state index is 5.06. The lowest BCUT2D eigenvalue weighted by Crippen LogP contribution is -2.28. The molecule has 5 rings (SSSR count). The summed E-state index contributed by atoms with van der Waals surface area (Å²) in [6, 6.07) is 41.8. The quantitative estimate of drug-likeness (QED) is 0.227. The minimum absolute atomic E-state index is 0.318. The Morgan fingerprint density at radius 1 is 0.636 bits per heavy atom. The molecule has 0 aromatic heterocycles. The minimum atomic E-state index is -0.318. The molecule has 0 aliphatic heterocycles. The molecule has 1 unspecified atom stereocenters. The van der Waals surface area contributed by atoms with Gasteiger partial charge in [0.1, 0.15) is 0 Å². The van der Waals surface area contributed by atoms with Gasteiger partial charge in [-0.25, -0.2) is 5.01 Å². The zero-order valence-electron chi connectivity index (χ0n) is 18.5. The van der Waals surface area contributed by atoms with Gasteiger partial charge in [0, 0.05) is 6.21 Å². The number of nitrogens with zero attached hydrogens (tertiary/aromatic N) is 2. The summed E-state index contributed by atoms with van der Waals surface area (Å²) in [6.45, 7) is 0. The van der Waals surface area contributed by atoms with E-state index in [1.54, 1.807) is 0 Å². The lowest BCUT2D eigenvalue weighted by molar-refractivity contribution is 0.733. The summed E-state index contributed by atoms with van der Waals surface area (Å²) in [4.78, 5) is 0. The van der Waals surface area contributed by atoms with Crippen molar-refractivity contribution in [3.8, 4) is 0 Å². The molecule has 0 saturated carbocycles. The van der Waals surface area contributed by atoms with E-state index in [0.29, 0.717) is 0 Å². The maximum atomic E-state index is 5.06. The number of anilines is 2. The van der Waals surface area contributed by atoms with Crippen molar-refractivity contribution in [1.82, 2.24) is 0 Å². The fourth-order valence-corrected chi connectivity index (χ4v) is 4.21. The third-order valence-electron chi connectivity index (χ3n) is 6.04. The summed E-state index contributed by atoms with van der Waals surface area (Å²) < 4.78 is 0. The molecule has 0 fully saturated rings. The number of para-hydroxylation sites is 2. The first-order valence-electron chi connectivity index (χ1n) is 11.3. The van der Waals surface area contributed by atoms with E-state index in [4.69, 9.17) is 5.10 Å². The molecular formula is C31H26N2. The highest BCUT2D eigenvalue weighted by molar-refractivity contribution is 5.85. The summed E-state index contributed by atoms with van der Waals surface area (Å²) in [5.74, 6) is 0. The molecule has 0 spiro atoms. The Morgan fingerprint density at radius 2 is 1.15 bits per heavy atom. The smallest absolute Gasteiger partial charge is 0.0652 e. The van der Waals surface area contributed by atoms with Crippen molar-refractivity contribution in [3.05, 3.63) is 151 Å². The molecule has 0 amide bonds. The summed E-state index contributed by atoms with van der Waals surface area (Å²) >= 11 is 0. The summed E-state index contributed by atoms with van der Waals surface area (Å²) in [7, 11) is 0. The van der Waals surface area contributed by atoms with Crippen LogP contribution in [0.15, 0.2) is 145 Å². The molecule has 160 valence electrons. The summed E-state index contributed by atoms with van der Waals surface area (Å²) in [5, 5.41) is 7.07. The standard InChI is InChI=1S/C31H26N2/c1-5-13-26(14-6-1)27-21-23-31(24-22-27,28-15-7-2-8-16-28)25-32-33(29-17-9-3-10-18-29)30-19-11-4-12-20-30/h1-23,25H,24H2. The number of hydrogen-bond acceptors (Lipinski definition) is 2. The first-order chi connectivity index (χ1) is 16.3. The van der Waals surface area contributed by atoms with Gasteiger partial charge in [-0.1, -0.05) is 115 Å². The Hall–Kier alpha value is -4.17. The average molecular weight is 427 g/mol. The molecule has 33 heavy (non-hydrogen) atoms. The third kappa shape index (κ3) is 4.56. The average Bonchev–Trinajstić information content (AvgIpc) is 2.91. The van der Waals surface area contributed by atoms with Gasteiger partial charge in [0.25, 0.3) is 0 Å². The van der Waals surface area contributed by atoms with Crippen molar-refractivity contribution in [1.29, 1.82) is 0 Å². The topological polar surface area (TPSA) is 15.6 Å². The number of hydrogen-bond donors (Lipinski definition) is 0. The Balaban J connectivity index is 1.54. The van der Waals surface area contributed by atoms with Crippen LogP contribution in [-0.4, -0.2) is 6.21 Å². The molecule has 0 saturated heterocycles. The fraction of sp³-hybridized carbons (Fsp3) is 0.0645. The minimum Gasteiger partial charge on any atom is -0.234 e. The highest BCUT2D eigenvalue weighted by atomic mass is 15.5. The van der Waals surface area contributed by atoms with Crippen LogP contribution in [0.2, 0.25) is 0 Å². The molecule has 4 aromatic carbocycles. The van der Waals surface area contributed by atoms with Crippen LogP contribution in [0.25, 0.3) is 5.57 Å². The second-order valence-electron chi connectivity index (χ2n) is 8.20. The highest BCUT2D eigenvalue weighted by Gasteiger charge is 2.29. The zero-order chi connectivity index (χ0) is 22.3. The largest absolute Gasteiger partial charge is 0.234 e. The van der Waals surface area contributed by atoms with Crippen LogP contribution < -0.4 is 5.01 Å². The van der Waals surface area contributed by atoms with Crippen molar-refractivity contribution in [3.63, 3.8) is 0 Å². The van der Waals surface area contributed by atoms with Gasteiger partial charge >= 0.3 is 0 Å². The van der Waals surface area contributed by atoms with E-state index in [2.05, 4.69) is 109 Å². The molecule has 1 aliphatic carbocycles. The fourth-order valence-electron chi connectivity index (χ4n) is 4.21. The number of benzene rings is 4. The van der Waals surface area contributed by atoms with Gasteiger partial charge < -0.3 is 0 Å². The molecule has 4 aromatic rings. The van der Waals surface area contributed by atoms with Crippen molar-refractivity contribution < 1.29 is 0 Å². The van der Waals surface area contributed by atoms with Crippen molar-refractivity contribution >= 4 is 23.2 Å². The maximum Gasteiger partial charge on any atom is 0.0652 e. The number of allylic oxidation sites excluding steroid dienone is 4. The van der Waals surface area contributed by atoms with E-state index in [1.807, 2.05) is 41.4 Å². The van der Waals surface area contributed by atoms with Gasteiger partial charge in [-0.05, 0) is 47.4 Å². The second kappa shape index (κ2) is 9.54. The molecule has 2 nitrogen and oxygen atoms in total. The van der Waals surface area contributed by atoms with E-state index >= 15 is 0 Å². The van der Waals surface area contributed by atoms with Crippen molar-refractivity contribution in [2.24, 2.45) is 5.10 Å². The van der Waals surface area contributed by atoms with Gasteiger partial charge in [-0.15, -0.1) is 0 Å². The van der Waals surface area contributed by atoms with E-state index in [1.165, 1.54) is 16.7 Å². The lowest BCUT2D eigenvalue weighted by atomic mass is 9.74. The van der Waals surface area contributed by atoms with Crippen molar-refractivity contribution in [2.45, 2.75) is 11.8 Å². The predicted octanol–water partition coefficient (Wildman–Crippen LogP) is 7.79. The lowest BCUT2D eigenvalue weighted by Gasteiger charge is -2.30. The van der Waals surface area contributed by atoms with E-state index in [0.717, 1.165) is 17.8 Å². The van der Waals surface area contributed by atoms with E-state index in [9.17, 15) is 0 Å². The van der Waals surface area contributed by atoms with Crippen LogP contribution in [0.1, 0.15) is 17.5 Å². The molecule has 0 bridgehead atoms. The van der Waals surface area contributed by atoms with Crippen LogP contribution in [0.3, 0.4) is 0 Å². The Bertz CT molecular complexity index is 1220. The zero-order valence-corrected chi connectivity index (χ0v) is 18.5. The Kier molecular flexibility index (Phi) is 5.99. The van der Waals surface area contributed by atoms with Gasteiger partial charge in [0.15, 0.2) is 0 Å². The number of rotatable bonds is 6. The second-order valence-corrected chi connectivity index (χ2v) is 8.20. The highest BCUT2D eigenvalue weighted by Crippen LogP contribution is 2.36. The summed E-state index contributed by atoms with van der Waals surface area (Å²) in [6.07, 6.45) is 9.79. The summed E-state index contributed by atoms with van der Waals surface area (Å²) in [5.41, 5.74) is 5.46. The third-order valence-corrected chi connectivity index (χ3v) is 6.04. The Labute approximate surface area is 195 Å². The first-order valence-corrected chi connectivity index (χ1v) is 11.3. The van der Waals surface area contributed by atoms with Crippen LogP contribution in [0.4, 0.5) is 11.4 Å². The van der Waals surface area contributed by atoms with Crippen molar-refractivity contribution in [2.75, 3.05) is 5.01 Å². The molecule has 0 radical (unpaired) electrons. The SMILES string of the molecule is C1=CC(C=NN(c2ccccc2)c2ccccc2)(c2ccccc2)CC=C1c1ccccc1. The van der Waals surface area contributed by atoms with Crippen LogP contribution in [-0.2, 0) is 5.41 Å². The Morgan fingerprint density at radius 3 is 1.67 bits per heavy atom. The van der Waals surface area contributed by atoms with E-state index in [-0.39, 0.29) is 5.41 Å². The first kappa shape index (κ1) is 20.7. The van der Waals surface area contributed by atoms with Crippen LogP contribution in [0.5, 0.6) is 0 Å². The molecule has 0 heterocycles. The molecule has 1 atom stereocenters. The molecule has 2 heteroatoms.